The highest BCUT2D eigenvalue weighted by molar-refractivity contribution is 6.30. The average Bonchev–Trinajstić information content (AvgIpc) is 3.07. The Labute approximate surface area is 165 Å². The Morgan fingerprint density at radius 1 is 1.15 bits per heavy atom. The maximum Gasteiger partial charge on any atom is 0.314 e. The fourth-order valence-electron chi connectivity index (χ4n) is 3.97. The number of nitrogens with one attached hydrogen (secondary N) is 2. The molecule has 6 heteroatoms. The molecule has 2 N–H and O–H groups in total. The summed E-state index contributed by atoms with van der Waals surface area (Å²) < 4.78 is 5.61. The Balaban J connectivity index is 1.30. The lowest BCUT2D eigenvalue weighted by atomic mass is 9.96. The van der Waals surface area contributed by atoms with E-state index in [0.717, 1.165) is 36.7 Å². The quantitative estimate of drug-likeness (QED) is 0.751. The lowest BCUT2D eigenvalue weighted by Crippen LogP contribution is -2.43. The molecular formula is C21H26ClN3O2. The van der Waals surface area contributed by atoms with Crippen molar-refractivity contribution in [3.05, 3.63) is 59.0 Å². The van der Waals surface area contributed by atoms with Gasteiger partial charge in [-0.3, -0.25) is 4.90 Å². The van der Waals surface area contributed by atoms with Crippen LogP contribution in [-0.4, -0.2) is 37.1 Å². The maximum absolute atomic E-state index is 12.4. The molecule has 1 aromatic carbocycles. The summed E-state index contributed by atoms with van der Waals surface area (Å²) in [5, 5.41) is 6.84. The monoisotopic (exact) mass is 387 g/mol. The minimum Gasteiger partial charge on any atom is -0.468 e. The molecule has 2 heterocycles. The summed E-state index contributed by atoms with van der Waals surface area (Å²) in [7, 11) is 0. The number of hydrogen-bond acceptors (Lipinski definition) is 3. The third-order valence-corrected chi connectivity index (χ3v) is 6.06. The van der Waals surface area contributed by atoms with E-state index < -0.39 is 0 Å². The first-order valence-corrected chi connectivity index (χ1v) is 10.1. The second-order valence-corrected chi connectivity index (χ2v) is 8.06. The summed E-state index contributed by atoms with van der Waals surface area (Å²) in [6, 6.07) is 11.8. The fourth-order valence-corrected chi connectivity index (χ4v) is 4.09. The number of urea groups is 1. The van der Waals surface area contributed by atoms with E-state index in [1.54, 1.807) is 6.26 Å². The van der Waals surface area contributed by atoms with Gasteiger partial charge in [0.2, 0.25) is 0 Å². The minimum atomic E-state index is -0.119. The van der Waals surface area contributed by atoms with Crippen LogP contribution in [0.3, 0.4) is 0 Å². The van der Waals surface area contributed by atoms with E-state index in [1.165, 1.54) is 18.4 Å². The summed E-state index contributed by atoms with van der Waals surface area (Å²) in [4.78, 5) is 14.8. The molecule has 2 amide bonds. The predicted octanol–water partition coefficient (Wildman–Crippen LogP) is 4.10. The number of rotatable bonds is 7. The number of carbonyl (C=O) groups excluding carboxylic acids is 1. The Morgan fingerprint density at radius 3 is 2.52 bits per heavy atom. The van der Waals surface area contributed by atoms with Crippen LogP contribution < -0.4 is 10.6 Å². The Bertz CT molecular complexity index is 750. The van der Waals surface area contributed by atoms with Gasteiger partial charge in [0.05, 0.1) is 12.3 Å². The van der Waals surface area contributed by atoms with Crippen molar-refractivity contribution in [2.45, 2.75) is 37.1 Å². The van der Waals surface area contributed by atoms with Gasteiger partial charge in [0.1, 0.15) is 5.76 Å². The third kappa shape index (κ3) is 4.30. The normalized spacial score (nSPS) is 19.6. The minimum absolute atomic E-state index is 0.0668. The predicted molar refractivity (Wildman–Crippen MR) is 106 cm³/mol. The van der Waals surface area contributed by atoms with Crippen LogP contribution in [0.2, 0.25) is 5.02 Å². The summed E-state index contributed by atoms with van der Waals surface area (Å²) in [5.74, 6) is 0.914. The molecule has 0 radical (unpaired) electrons. The van der Waals surface area contributed by atoms with Crippen molar-refractivity contribution >= 4 is 17.6 Å². The fraction of sp³-hybridized carbons (Fsp3) is 0.476. The van der Waals surface area contributed by atoms with Gasteiger partial charge in [0.25, 0.3) is 0 Å². The molecule has 0 spiro atoms. The van der Waals surface area contributed by atoms with Crippen molar-refractivity contribution in [2.75, 3.05) is 26.2 Å². The van der Waals surface area contributed by atoms with Gasteiger partial charge in [-0.15, -0.1) is 0 Å². The van der Waals surface area contributed by atoms with E-state index in [2.05, 4.69) is 27.7 Å². The van der Waals surface area contributed by atoms with Crippen LogP contribution in [0.25, 0.3) is 0 Å². The molecule has 1 aliphatic heterocycles. The van der Waals surface area contributed by atoms with Crippen molar-refractivity contribution < 1.29 is 9.21 Å². The van der Waals surface area contributed by atoms with Crippen molar-refractivity contribution in [1.82, 2.24) is 15.5 Å². The SMILES string of the molecule is O=C(NCC(c1ccco1)N1CCCC1)NCC1(c2ccc(Cl)cc2)CC1. The number of hydrogen-bond donors (Lipinski definition) is 2. The smallest absolute Gasteiger partial charge is 0.314 e. The first kappa shape index (κ1) is 18.4. The van der Waals surface area contributed by atoms with Crippen LogP contribution in [0.15, 0.2) is 47.1 Å². The Hall–Kier alpha value is -1.98. The van der Waals surface area contributed by atoms with E-state index in [0.29, 0.717) is 13.1 Å². The summed E-state index contributed by atoms with van der Waals surface area (Å²) in [6.45, 7) is 3.30. The number of benzene rings is 1. The van der Waals surface area contributed by atoms with E-state index in [9.17, 15) is 4.79 Å². The molecule has 2 fully saturated rings. The van der Waals surface area contributed by atoms with Crippen LogP contribution in [-0.2, 0) is 5.41 Å². The van der Waals surface area contributed by atoms with Gasteiger partial charge in [0, 0.05) is 23.5 Å². The van der Waals surface area contributed by atoms with Gasteiger partial charge in [-0.05, 0) is 68.6 Å². The molecule has 1 atom stereocenters. The number of halogens is 1. The zero-order chi connectivity index (χ0) is 18.7. The van der Waals surface area contributed by atoms with Crippen molar-refractivity contribution in [3.63, 3.8) is 0 Å². The van der Waals surface area contributed by atoms with Gasteiger partial charge < -0.3 is 15.1 Å². The maximum atomic E-state index is 12.4. The molecule has 27 heavy (non-hydrogen) atoms. The van der Waals surface area contributed by atoms with Crippen LogP contribution in [0.4, 0.5) is 4.79 Å². The second-order valence-electron chi connectivity index (χ2n) is 7.63. The Morgan fingerprint density at radius 2 is 1.89 bits per heavy atom. The van der Waals surface area contributed by atoms with Crippen LogP contribution >= 0.6 is 11.6 Å². The first-order valence-electron chi connectivity index (χ1n) is 9.71. The summed E-state index contributed by atoms with van der Waals surface area (Å²) in [5.41, 5.74) is 1.31. The summed E-state index contributed by atoms with van der Waals surface area (Å²) >= 11 is 5.99. The molecule has 2 aliphatic rings. The summed E-state index contributed by atoms with van der Waals surface area (Å²) in [6.07, 6.45) is 6.29. The Kier molecular flexibility index (Phi) is 5.41. The highest BCUT2D eigenvalue weighted by Crippen LogP contribution is 2.47. The molecule has 1 aromatic heterocycles. The third-order valence-electron chi connectivity index (χ3n) is 5.81. The van der Waals surface area contributed by atoms with Gasteiger partial charge in [-0.2, -0.15) is 0 Å². The van der Waals surface area contributed by atoms with Crippen molar-refractivity contribution in [2.24, 2.45) is 0 Å². The topological polar surface area (TPSA) is 57.5 Å². The van der Waals surface area contributed by atoms with Gasteiger partial charge in [-0.25, -0.2) is 4.79 Å². The van der Waals surface area contributed by atoms with Gasteiger partial charge in [-0.1, -0.05) is 23.7 Å². The molecule has 0 bridgehead atoms. The molecule has 4 rings (SSSR count). The number of furan rings is 1. The van der Waals surface area contributed by atoms with Crippen LogP contribution in [0.5, 0.6) is 0 Å². The zero-order valence-electron chi connectivity index (χ0n) is 15.4. The lowest BCUT2D eigenvalue weighted by Gasteiger charge is -2.26. The second kappa shape index (κ2) is 7.95. The first-order chi connectivity index (χ1) is 13.2. The number of nitrogens with zero attached hydrogens (tertiary/aromatic N) is 1. The van der Waals surface area contributed by atoms with Gasteiger partial charge in [0.15, 0.2) is 0 Å². The van der Waals surface area contributed by atoms with Crippen LogP contribution in [0, 0.1) is 0 Å². The van der Waals surface area contributed by atoms with Crippen molar-refractivity contribution in [3.8, 4) is 0 Å². The zero-order valence-corrected chi connectivity index (χ0v) is 16.2. The van der Waals surface area contributed by atoms with Crippen molar-refractivity contribution in [1.29, 1.82) is 0 Å². The molecule has 144 valence electrons. The standard InChI is InChI=1S/C21H26ClN3O2/c22-17-7-5-16(6-8-17)21(9-10-21)15-24-20(26)23-14-18(19-4-3-13-27-19)25-11-1-2-12-25/h3-8,13,18H,1-2,9-12,14-15H2,(H2,23,24,26). The average molecular weight is 388 g/mol. The molecular weight excluding hydrogens is 362 g/mol. The highest BCUT2D eigenvalue weighted by atomic mass is 35.5. The molecule has 1 aliphatic carbocycles. The van der Waals surface area contributed by atoms with E-state index in [4.69, 9.17) is 16.0 Å². The van der Waals surface area contributed by atoms with E-state index in [1.807, 2.05) is 24.3 Å². The van der Waals surface area contributed by atoms with E-state index >= 15 is 0 Å². The molecule has 1 saturated carbocycles. The van der Waals surface area contributed by atoms with Crippen LogP contribution in [0.1, 0.15) is 43.0 Å². The molecule has 2 aromatic rings. The largest absolute Gasteiger partial charge is 0.468 e. The highest BCUT2D eigenvalue weighted by Gasteiger charge is 2.44. The number of carbonyl (C=O) groups is 1. The molecule has 1 unspecified atom stereocenters. The molecule has 1 saturated heterocycles. The lowest BCUT2D eigenvalue weighted by molar-refractivity contribution is 0.203. The number of amides is 2. The number of likely N-dealkylation sites (tertiary alicyclic amines) is 1. The van der Waals surface area contributed by atoms with E-state index in [-0.39, 0.29) is 17.5 Å². The van der Waals surface area contributed by atoms with Gasteiger partial charge >= 0.3 is 6.03 Å². The molecule has 5 nitrogen and oxygen atoms in total.